The summed E-state index contributed by atoms with van der Waals surface area (Å²) < 4.78 is 52.0. The topological polar surface area (TPSA) is 54.4 Å². The molecule has 0 spiro atoms. The number of halogens is 2. The predicted molar refractivity (Wildman–Crippen MR) is 91.8 cm³/mol. The van der Waals surface area contributed by atoms with E-state index in [2.05, 4.69) is 0 Å². The zero-order valence-corrected chi connectivity index (χ0v) is 14.5. The Morgan fingerprint density at radius 3 is 2.32 bits per heavy atom. The minimum absolute atomic E-state index is 0.0164. The van der Waals surface area contributed by atoms with E-state index in [4.69, 9.17) is 0 Å². The van der Waals surface area contributed by atoms with Crippen molar-refractivity contribution >= 4 is 9.84 Å². The predicted octanol–water partition coefficient (Wildman–Crippen LogP) is 3.81. The molecule has 2 aromatic rings. The highest BCUT2D eigenvalue weighted by Gasteiger charge is 2.31. The first kappa shape index (κ1) is 18.0. The highest BCUT2D eigenvalue weighted by atomic mass is 32.2. The Hall–Kier alpha value is -1.79. The average molecular weight is 366 g/mol. The largest absolute Gasteiger partial charge is 0.396 e. The molecule has 0 heterocycles. The lowest BCUT2D eigenvalue weighted by atomic mass is 9.99. The molecule has 2 atom stereocenters. The van der Waals surface area contributed by atoms with Gasteiger partial charge in [0.1, 0.15) is 11.6 Å². The number of aliphatic hydroxyl groups is 1. The molecule has 1 saturated carbocycles. The molecule has 0 saturated heterocycles. The number of rotatable bonds is 5. The van der Waals surface area contributed by atoms with E-state index in [1.807, 2.05) is 0 Å². The van der Waals surface area contributed by atoms with Gasteiger partial charge in [-0.25, -0.2) is 17.2 Å². The lowest BCUT2D eigenvalue weighted by Crippen LogP contribution is -2.22. The van der Waals surface area contributed by atoms with Crippen LogP contribution in [0.2, 0.25) is 0 Å². The molecule has 1 N–H and O–H groups in total. The van der Waals surface area contributed by atoms with Crippen molar-refractivity contribution in [3.05, 3.63) is 54.1 Å². The summed E-state index contributed by atoms with van der Waals surface area (Å²) in [5, 5.41) is 9.35. The van der Waals surface area contributed by atoms with E-state index in [1.54, 1.807) is 0 Å². The normalized spacial score (nSPS) is 20.8. The Balaban J connectivity index is 1.81. The number of sulfone groups is 1. The summed E-state index contributed by atoms with van der Waals surface area (Å²) in [5.41, 5.74) is 0.715. The van der Waals surface area contributed by atoms with Crippen LogP contribution < -0.4 is 0 Å². The molecule has 1 fully saturated rings. The lowest BCUT2D eigenvalue weighted by molar-refractivity contribution is 0.202. The van der Waals surface area contributed by atoms with Crippen molar-refractivity contribution in [1.82, 2.24) is 0 Å². The second-order valence-electron chi connectivity index (χ2n) is 6.56. The van der Waals surface area contributed by atoms with Gasteiger partial charge in [-0.2, -0.15) is 0 Å². The van der Waals surface area contributed by atoms with Crippen LogP contribution in [-0.2, 0) is 9.84 Å². The van der Waals surface area contributed by atoms with Gasteiger partial charge < -0.3 is 5.11 Å². The Morgan fingerprint density at radius 2 is 1.68 bits per heavy atom. The Kier molecular flexibility index (Phi) is 5.20. The average Bonchev–Trinajstić information content (AvgIpc) is 3.01. The Morgan fingerprint density at radius 1 is 1.00 bits per heavy atom. The van der Waals surface area contributed by atoms with Gasteiger partial charge >= 0.3 is 0 Å². The van der Waals surface area contributed by atoms with Crippen LogP contribution in [0.3, 0.4) is 0 Å². The van der Waals surface area contributed by atoms with Gasteiger partial charge in [-0.05, 0) is 54.5 Å². The van der Waals surface area contributed by atoms with Gasteiger partial charge in [-0.1, -0.05) is 18.6 Å². The van der Waals surface area contributed by atoms with Crippen LogP contribution in [0.4, 0.5) is 8.78 Å². The van der Waals surface area contributed by atoms with Crippen LogP contribution in [0.1, 0.15) is 19.3 Å². The maximum absolute atomic E-state index is 13.8. The molecular weight excluding hydrogens is 346 g/mol. The molecule has 0 aromatic heterocycles. The van der Waals surface area contributed by atoms with E-state index in [9.17, 15) is 22.3 Å². The Bertz CT molecular complexity index is 847. The molecule has 3 nitrogen and oxygen atoms in total. The van der Waals surface area contributed by atoms with E-state index in [0.29, 0.717) is 5.56 Å². The Labute approximate surface area is 146 Å². The summed E-state index contributed by atoms with van der Waals surface area (Å²) >= 11 is 0. The molecule has 25 heavy (non-hydrogen) atoms. The van der Waals surface area contributed by atoms with Gasteiger partial charge in [0.25, 0.3) is 0 Å². The standard InChI is InChI=1S/C19H20F2O3S/c20-16-6-9-18(19(21)10-16)13-4-7-17(8-5-13)25(23,24)12-15-3-1-2-14(15)11-22/h4-10,14-15,22H,1-3,11-12H2/t14-,15-/m0/s1. The molecule has 134 valence electrons. The zero-order chi connectivity index (χ0) is 18.0. The van der Waals surface area contributed by atoms with Crippen molar-refractivity contribution in [2.75, 3.05) is 12.4 Å². The number of hydrogen-bond donors (Lipinski definition) is 1. The van der Waals surface area contributed by atoms with Crippen molar-refractivity contribution in [3.8, 4) is 11.1 Å². The fraction of sp³-hybridized carbons (Fsp3) is 0.368. The summed E-state index contributed by atoms with van der Waals surface area (Å²) in [6.07, 6.45) is 2.61. The third-order valence-corrected chi connectivity index (χ3v) is 6.80. The molecular formula is C19H20F2O3S. The fourth-order valence-electron chi connectivity index (χ4n) is 3.52. The number of benzene rings is 2. The van der Waals surface area contributed by atoms with Crippen molar-refractivity contribution in [1.29, 1.82) is 0 Å². The zero-order valence-electron chi connectivity index (χ0n) is 13.7. The maximum Gasteiger partial charge on any atom is 0.178 e. The monoisotopic (exact) mass is 366 g/mol. The van der Waals surface area contributed by atoms with Gasteiger partial charge in [0.15, 0.2) is 9.84 Å². The van der Waals surface area contributed by atoms with Crippen LogP contribution in [0.25, 0.3) is 11.1 Å². The van der Waals surface area contributed by atoms with Crippen molar-refractivity contribution in [2.45, 2.75) is 24.2 Å². The van der Waals surface area contributed by atoms with Gasteiger partial charge in [0, 0.05) is 18.2 Å². The summed E-state index contributed by atoms with van der Waals surface area (Å²) in [5.74, 6) is -1.31. The van der Waals surface area contributed by atoms with Gasteiger partial charge in [-0.15, -0.1) is 0 Å². The van der Waals surface area contributed by atoms with E-state index < -0.39 is 21.5 Å². The van der Waals surface area contributed by atoms with Crippen molar-refractivity contribution in [3.63, 3.8) is 0 Å². The summed E-state index contributed by atoms with van der Waals surface area (Å²) in [6.45, 7) is 0.0168. The van der Waals surface area contributed by atoms with Gasteiger partial charge in [-0.3, -0.25) is 0 Å². The van der Waals surface area contributed by atoms with Crippen LogP contribution in [0.15, 0.2) is 47.4 Å². The molecule has 1 aliphatic carbocycles. The molecule has 6 heteroatoms. The van der Waals surface area contributed by atoms with E-state index in [-0.39, 0.29) is 34.7 Å². The fourth-order valence-corrected chi connectivity index (χ4v) is 5.26. The minimum Gasteiger partial charge on any atom is -0.396 e. The SMILES string of the molecule is O=S(=O)(C[C@@H]1CCC[C@H]1CO)c1ccc(-c2ccc(F)cc2F)cc1. The highest BCUT2D eigenvalue weighted by Crippen LogP contribution is 2.34. The van der Waals surface area contributed by atoms with Crippen LogP contribution in [-0.4, -0.2) is 25.9 Å². The molecule has 0 amide bonds. The quantitative estimate of drug-likeness (QED) is 0.875. The third-order valence-electron chi connectivity index (χ3n) is 4.94. The number of aliphatic hydroxyl groups excluding tert-OH is 1. The van der Waals surface area contributed by atoms with Crippen LogP contribution in [0, 0.1) is 23.5 Å². The second-order valence-corrected chi connectivity index (χ2v) is 8.60. The second kappa shape index (κ2) is 7.22. The molecule has 0 radical (unpaired) electrons. The van der Waals surface area contributed by atoms with Crippen LogP contribution in [0.5, 0.6) is 0 Å². The highest BCUT2D eigenvalue weighted by molar-refractivity contribution is 7.91. The molecule has 0 unspecified atom stereocenters. The van der Waals surface area contributed by atoms with Crippen LogP contribution >= 0.6 is 0 Å². The summed E-state index contributed by atoms with van der Waals surface area (Å²) in [4.78, 5) is 0.183. The van der Waals surface area contributed by atoms with E-state index >= 15 is 0 Å². The molecule has 2 aromatic carbocycles. The van der Waals surface area contributed by atoms with Gasteiger partial charge in [0.05, 0.1) is 10.6 Å². The lowest BCUT2D eigenvalue weighted by Gasteiger charge is -2.17. The van der Waals surface area contributed by atoms with E-state index in [1.165, 1.54) is 30.3 Å². The molecule has 3 rings (SSSR count). The maximum atomic E-state index is 13.8. The summed E-state index contributed by atoms with van der Waals surface area (Å²) in [7, 11) is -3.47. The van der Waals surface area contributed by atoms with Gasteiger partial charge in [0.2, 0.25) is 0 Å². The first-order valence-electron chi connectivity index (χ1n) is 8.30. The first-order valence-corrected chi connectivity index (χ1v) is 9.95. The molecule has 0 aliphatic heterocycles. The smallest absolute Gasteiger partial charge is 0.178 e. The van der Waals surface area contributed by atoms with Crippen molar-refractivity contribution < 1.29 is 22.3 Å². The first-order chi connectivity index (χ1) is 11.9. The minimum atomic E-state index is -3.47. The summed E-state index contributed by atoms with van der Waals surface area (Å²) in [6, 6.07) is 9.27. The molecule has 0 bridgehead atoms. The van der Waals surface area contributed by atoms with E-state index in [0.717, 1.165) is 31.4 Å². The third kappa shape index (κ3) is 3.90. The van der Waals surface area contributed by atoms with Crippen molar-refractivity contribution in [2.24, 2.45) is 11.8 Å². The number of hydrogen-bond acceptors (Lipinski definition) is 3. The molecule has 1 aliphatic rings.